The van der Waals surface area contributed by atoms with Gasteiger partial charge in [0.15, 0.2) is 0 Å². The van der Waals surface area contributed by atoms with Crippen LogP contribution in [0.3, 0.4) is 0 Å². The summed E-state index contributed by atoms with van der Waals surface area (Å²) >= 11 is 0. The van der Waals surface area contributed by atoms with Gasteiger partial charge in [0.1, 0.15) is 0 Å². The van der Waals surface area contributed by atoms with Gasteiger partial charge in [-0.3, -0.25) is 4.79 Å². The van der Waals surface area contributed by atoms with Gasteiger partial charge in [0, 0.05) is 23.0 Å². The molecule has 0 bridgehead atoms. The average Bonchev–Trinajstić information content (AvgIpc) is 2.97. The fourth-order valence-electron chi connectivity index (χ4n) is 3.24. The third-order valence-electron chi connectivity index (χ3n) is 5.14. The molecule has 0 spiro atoms. The molecule has 1 aromatic heterocycles. The first-order valence-electron chi connectivity index (χ1n) is 9.23. The summed E-state index contributed by atoms with van der Waals surface area (Å²) in [5.41, 5.74) is 5.41. The zero-order chi connectivity index (χ0) is 17.9. The van der Waals surface area contributed by atoms with Crippen molar-refractivity contribution >= 4 is 22.5 Å². The lowest BCUT2D eigenvalue weighted by Crippen LogP contribution is -2.27. The number of rotatable bonds is 6. The number of benzene rings is 2. The molecule has 1 fully saturated rings. The number of carbonyl (C=O) groups excluding carboxylic acids is 1. The van der Waals surface area contributed by atoms with E-state index >= 15 is 0 Å². The molecule has 1 saturated carbocycles. The monoisotopic (exact) mass is 348 g/mol. The Labute approximate surface area is 153 Å². The summed E-state index contributed by atoms with van der Waals surface area (Å²) in [5, 5.41) is 4.11. The maximum absolute atomic E-state index is 12.2. The Bertz CT molecular complexity index is 908. The summed E-state index contributed by atoms with van der Waals surface area (Å²) in [6.07, 6.45) is 5.05. The van der Waals surface area contributed by atoms with Crippen LogP contribution in [0, 0.1) is 12.8 Å². The standard InChI is InChI=1S/C22H24N2O2/c1-15-5-7-16(8-6-15)13-26-14-17-9-10-20-19(11-17)21(12-23-20)24-22(25)18-3-2-4-18/h5-12,18,23H,2-4,13-14H2,1H3,(H,24,25). The number of nitrogens with one attached hydrogen (secondary N) is 2. The van der Waals surface area contributed by atoms with E-state index in [4.69, 9.17) is 4.74 Å². The molecule has 0 radical (unpaired) electrons. The number of fused-ring (bicyclic) bond motifs is 1. The zero-order valence-corrected chi connectivity index (χ0v) is 15.0. The summed E-state index contributed by atoms with van der Waals surface area (Å²) in [6.45, 7) is 3.22. The predicted molar refractivity (Wildman–Crippen MR) is 104 cm³/mol. The second-order valence-electron chi connectivity index (χ2n) is 7.18. The minimum atomic E-state index is 0.137. The van der Waals surface area contributed by atoms with Crippen LogP contribution in [0.25, 0.3) is 10.9 Å². The number of anilines is 1. The largest absolute Gasteiger partial charge is 0.372 e. The van der Waals surface area contributed by atoms with Gasteiger partial charge in [-0.1, -0.05) is 42.3 Å². The van der Waals surface area contributed by atoms with Crippen molar-refractivity contribution in [3.8, 4) is 0 Å². The zero-order valence-electron chi connectivity index (χ0n) is 15.0. The topological polar surface area (TPSA) is 54.1 Å². The maximum Gasteiger partial charge on any atom is 0.227 e. The molecule has 3 aromatic rings. The number of H-pyrrole nitrogens is 1. The maximum atomic E-state index is 12.2. The molecule has 26 heavy (non-hydrogen) atoms. The van der Waals surface area contributed by atoms with Crippen molar-refractivity contribution < 1.29 is 9.53 Å². The van der Waals surface area contributed by atoms with Crippen molar-refractivity contribution in [3.05, 3.63) is 65.4 Å². The molecule has 134 valence electrons. The molecular weight excluding hydrogens is 324 g/mol. The number of aromatic amines is 1. The number of hydrogen-bond acceptors (Lipinski definition) is 2. The molecular formula is C22H24N2O2. The molecule has 1 amide bonds. The van der Waals surface area contributed by atoms with E-state index in [1.165, 1.54) is 11.1 Å². The first-order chi connectivity index (χ1) is 12.7. The molecule has 0 unspecified atom stereocenters. The van der Waals surface area contributed by atoms with Gasteiger partial charge in [-0.15, -0.1) is 0 Å². The van der Waals surface area contributed by atoms with E-state index in [1.807, 2.05) is 12.3 Å². The van der Waals surface area contributed by atoms with E-state index in [0.717, 1.165) is 41.4 Å². The summed E-state index contributed by atoms with van der Waals surface area (Å²) in [4.78, 5) is 15.5. The smallest absolute Gasteiger partial charge is 0.227 e. The quantitative estimate of drug-likeness (QED) is 0.663. The molecule has 1 aliphatic rings. The Morgan fingerprint density at radius 3 is 2.58 bits per heavy atom. The molecule has 0 atom stereocenters. The highest BCUT2D eigenvalue weighted by atomic mass is 16.5. The van der Waals surface area contributed by atoms with Crippen LogP contribution < -0.4 is 5.32 Å². The number of carbonyl (C=O) groups is 1. The highest BCUT2D eigenvalue weighted by molar-refractivity contribution is 6.02. The first kappa shape index (κ1) is 16.9. The SMILES string of the molecule is Cc1ccc(COCc2ccc3[nH]cc(NC(=O)C4CCC4)c3c2)cc1. The molecule has 4 rings (SSSR count). The van der Waals surface area contributed by atoms with Crippen molar-refractivity contribution in [1.29, 1.82) is 0 Å². The van der Waals surface area contributed by atoms with E-state index in [1.54, 1.807) is 0 Å². The Kier molecular flexibility index (Phi) is 4.76. The molecule has 4 heteroatoms. The number of aromatic nitrogens is 1. The number of ether oxygens (including phenoxy) is 1. The normalized spacial score (nSPS) is 14.3. The lowest BCUT2D eigenvalue weighted by Gasteiger charge is -2.23. The Morgan fingerprint density at radius 2 is 1.85 bits per heavy atom. The molecule has 0 saturated heterocycles. The fraction of sp³-hybridized carbons (Fsp3) is 0.318. The summed E-state index contributed by atoms with van der Waals surface area (Å²) < 4.78 is 5.86. The Balaban J connectivity index is 1.41. The lowest BCUT2D eigenvalue weighted by atomic mass is 9.85. The number of aryl methyl sites for hydroxylation is 1. The highest BCUT2D eigenvalue weighted by Crippen LogP contribution is 2.30. The average molecular weight is 348 g/mol. The minimum absolute atomic E-state index is 0.137. The van der Waals surface area contributed by atoms with Crippen molar-refractivity contribution in [1.82, 2.24) is 4.98 Å². The van der Waals surface area contributed by atoms with Crippen LogP contribution in [-0.2, 0) is 22.7 Å². The van der Waals surface area contributed by atoms with Gasteiger partial charge >= 0.3 is 0 Å². The molecule has 4 nitrogen and oxygen atoms in total. The van der Waals surface area contributed by atoms with Crippen LogP contribution in [0.1, 0.15) is 36.0 Å². The van der Waals surface area contributed by atoms with Crippen LogP contribution in [0.2, 0.25) is 0 Å². The van der Waals surface area contributed by atoms with Gasteiger partial charge in [0.25, 0.3) is 0 Å². The second kappa shape index (κ2) is 7.34. The van der Waals surface area contributed by atoms with Crippen molar-refractivity contribution in [2.75, 3.05) is 5.32 Å². The molecule has 2 N–H and O–H groups in total. The van der Waals surface area contributed by atoms with Crippen LogP contribution in [0.15, 0.2) is 48.7 Å². The molecule has 0 aliphatic heterocycles. The Hall–Kier alpha value is -2.59. The summed E-state index contributed by atoms with van der Waals surface area (Å²) in [6, 6.07) is 14.6. The van der Waals surface area contributed by atoms with Crippen LogP contribution in [-0.4, -0.2) is 10.9 Å². The van der Waals surface area contributed by atoms with Crippen LogP contribution >= 0.6 is 0 Å². The van der Waals surface area contributed by atoms with E-state index in [2.05, 4.69) is 53.6 Å². The molecule has 2 aromatic carbocycles. The van der Waals surface area contributed by atoms with Gasteiger partial charge < -0.3 is 15.0 Å². The fourth-order valence-corrected chi connectivity index (χ4v) is 3.24. The van der Waals surface area contributed by atoms with E-state index in [-0.39, 0.29) is 11.8 Å². The Morgan fingerprint density at radius 1 is 1.12 bits per heavy atom. The first-order valence-corrected chi connectivity index (χ1v) is 9.23. The second-order valence-corrected chi connectivity index (χ2v) is 7.18. The van der Waals surface area contributed by atoms with Gasteiger partial charge in [-0.25, -0.2) is 0 Å². The third-order valence-corrected chi connectivity index (χ3v) is 5.14. The third kappa shape index (κ3) is 3.65. The van der Waals surface area contributed by atoms with Crippen LogP contribution in [0.5, 0.6) is 0 Å². The summed E-state index contributed by atoms with van der Waals surface area (Å²) in [7, 11) is 0. The van der Waals surface area contributed by atoms with Gasteiger partial charge in [0.05, 0.1) is 18.9 Å². The molecule has 1 aliphatic carbocycles. The number of hydrogen-bond donors (Lipinski definition) is 2. The van der Waals surface area contributed by atoms with Gasteiger partial charge in [-0.05, 0) is 43.0 Å². The lowest BCUT2D eigenvalue weighted by molar-refractivity contribution is -0.122. The van der Waals surface area contributed by atoms with Crippen molar-refractivity contribution in [2.24, 2.45) is 5.92 Å². The van der Waals surface area contributed by atoms with Crippen LogP contribution in [0.4, 0.5) is 5.69 Å². The minimum Gasteiger partial charge on any atom is -0.372 e. The van der Waals surface area contributed by atoms with Crippen molar-refractivity contribution in [3.63, 3.8) is 0 Å². The van der Waals surface area contributed by atoms with E-state index in [9.17, 15) is 4.79 Å². The molecule has 1 heterocycles. The predicted octanol–water partition coefficient (Wildman–Crippen LogP) is 4.93. The van der Waals surface area contributed by atoms with E-state index < -0.39 is 0 Å². The summed E-state index contributed by atoms with van der Waals surface area (Å²) in [5.74, 6) is 0.319. The van der Waals surface area contributed by atoms with Crippen molar-refractivity contribution in [2.45, 2.75) is 39.4 Å². The number of amides is 1. The van der Waals surface area contributed by atoms with Gasteiger partial charge in [-0.2, -0.15) is 0 Å². The van der Waals surface area contributed by atoms with Gasteiger partial charge in [0.2, 0.25) is 5.91 Å². The van der Waals surface area contributed by atoms with E-state index in [0.29, 0.717) is 13.2 Å². The highest BCUT2D eigenvalue weighted by Gasteiger charge is 2.25.